The van der Waals surface area contributed by atoms with E-state index in [9.17, 15) is 13.6 Å². The van der Waals surface area contributed by atoms with Crippen molar-refractivity contribution < 1.29 is 18.0 Å². The quantitative estimate of drug-likeness (QED) is 0.283. The molecule has 0 saturated carbocycles. The molecule has 0 bridgehead atoms. The van der Waals surface area contributed by atoms with Crippen LogP contribution in [0.25, 0.3) is 22.6 Å². The highest BCUT2D eigenvalue weighted by Gasteiger charge is 2.33. The lowest BCUT2D eigenvalue weighted by molar-refractivity contribution is -0.120. The van der Waals surface area contributed by atoms with Crippen molar-refractivity contribution in [1.29, 1.82) is 0 Å². The minimum Gasteiger partial charge on any atom is -0.439 e. The molecule has 1 unspecified atom stereocenters. The van der Waals surface area contributed by atoms with E-state index < -0.39 is 5.91 Å². The van der Waals surface area contributed by atoms with Crippen molar-refractivity contribution in [2.75, 3.05) is 31.9 Å². The molecule has 0 spiro atoms. The average molecular weight is 572 g/mol. The van der Waals surface area contributed by atoms with E-state index in [0.29, 0.717) is 75.9 Å². The monoisotopic (exact) mass is 571 g/mol. The van der Waals surface area contributed by atoms with Crippen molar-refractivity contribution in [3.8, 4) is 22.6 Å². The number of benzene rings is 3. The Balaban J connectivity index is 1.47. The number of anilines is 1. The number of primary amides is 1. The Labute approximate surface area is 233 Å². The van der Waals surface area contributed by atoms with Crippen LogP contribution in [0.3, 0.4) is 0 Å². The smallest absolute Gasteiger partial charge is 0.231 e. The summed E-state index contributed by atoms with van der Waals surface area (Å²) in [6.45, 7) is 1.93. The number of nitrogens with two attached hydrogens (primary N) is 2. The third kappa shape index (κ3) is 6.07. The first kappa shape index (κ1) is 27.1. The van der Waals surface area contributed by atoms with Crippen LogP contribution in [0.4, 0.5) is 14.5 Å². The van der Waals surface area contributed by atoms with E-state index in [1.807, 2.05) is 4.90 Å². The van der Waals surface area contributed by atoms with Gasteiger partial charge >= 0.3 is 0 Å². The fourth-order valence-corrected chi connectivity index (χ4v) is 5.59. The molecule has 3 aromatic carbocycles. The van der Waals surface area contributed by atoms with Gasteiger partial charge in [-0.1, -0.05) is 23.2 Å². The number of nitrogen functional groups attached to an aromatic ring is 1. The summed E-state index contributed by atoms with van der Waals surface area (Å²) in [5.74, 6) is -0.334. The third-order valence-corrected chi connectivity index (χ3v) is 7.25. The molecule has 1 fully saturated rings. The number of oxazole rings is 1. The summed E-state index contributed by atoms with van der Waals surface area (Å²) >= 11 is 13.1. The first-order valence-corrected chi connectivity index (χ1v) is 12.9. The van der Waals surface area contributed by atoms with E-state index in [2.05, 4.69) is 4.90 Å². The van der Waals surface area contributed by atoms with Crippen LogP contribution in [0.2, 0.25) is 10.0 Å². The molecule has 0 radical (unpaired) electrons. The lowest BCUT2D eigenvalue weighted by Crippen LogP contribution is -2.50. The van der Waals surface area contributed by atoms with Gasteiger partial charge in [-0.05, 0) is 60.7 Å². The molecule has 1 saturated heterocycles. The Bertz CT molecular complexity index is 1410. The van der Waals surface area contributed by atoms with Gasteiger partial charge in [-0.2, -0.15) is 0 Å². The summed E-state index contributed by atoms with van der Waals surface area (Å²) in [7, 11) is 0. The fraction of sp³-hybridized carbons (Fsp3) is 0.214. The van der Waals surface area contributed by atoms with E-state index in [1.165, 1.54) is 24.3 Å². The standard InChI is InChI=1S/C28H25Cl2F2N5O2/c29-21-11-20(33)12-22(30)26(21)23-13-36(9-10-37(23)14-24(34)38)15-25-35-27(16-1-5-18(31)6-2-16)28(39-25)17-3-7-19(32)8-4-17/h1-8,11-12,23H,9-10,13-15,33H2,(H2,34,38). The van der Waals surface area contributed by atoms with Crippen molar-refractivity contribution in [2.24, 2.45) is 5.73 Å². The number of hydrogen-bond donors (Lipinski definition) is 2. The van der Waals surface area contributed by atoms with Crippen molar-refractivity contribution >= 4 is 34.8 Å². The van der Waals surface area contributed by atoms with Crippen molar-refractivity contribution in [3.63, 3.8) is 0 Å². The molecule has 1 aromatic heterocycles. The predicted molar refractivity (Wildman–Crippen MR) is 147 cm³/mol. The van der Waals surface area contributed by atoms with Gasteiger partial charge in [0, 0.05) is 52.1 Å². The zero-order valence-corrected chi connectivity index (χ0v) is 22.2. The van der Waals surface area contributed by atoms with Gasteiger partial charge in [-0.15, -0.1) is 0 Å². The highest BCUT2D eigenvalue weighted by molar-refractivity contribution is 6.36. The molecular formula is C28H25Cl2F2N5O2. The molecule has 11 heteroatoms. The fourth-order valence-electron chi connectivity index (χ4n) is 4.83. The van der Waals surface area contributed by atoms with Gasteiger partial charge in [-0.25, -0.2) is 13.8 Å². The highest BCUT2D eigenvalue weighted by Crippen LogP contribution is 2.38. The molecule has 7 nitrogen and oxygen atoms in total. The number of aromatic nitrogens is 1. The number of hydrogen-bond acceptors (Lipinski definition) is 6. The molecule has 1 aliphatic rings. The topological polar surface area (TPSA) is 102 Å². The summed E-state index contributed by atoms with van der Waals surface area (Å²) in [5.41, 5.74) is 14.3. The van der Waals surface area contributed by atoms with Gasteiger partial charge in [0.05, 0.1) is 19.1 Å². The van der Waals surface area contributed by atoms with Crippen molar-refractivity contribution in [3.05, 3.63) is 93.8 Å². The number of halogens is 4. The minimum atomic E-state index is -0.461. The summed E-state index contributed by atoms with van der Waals surface area (Å²) in [6.07, 6.45) is 0. The summed E-state index contributed by atoms with van der Waals surface area (Å²) in [6, 6.07) is 14.7. The number of rotatable bonds is 7. The second-order valence-corrected chi connectivity index (χ2v) is 10.2. The lowest BCUT2D eigenvalue weighted by Gasteiger charge is -2.41. The maximum absolute atomic E-state index is 13.6. The Morgan fingerprint density at radius 2 is 1.56 bits per heavy atom. The van der Waals surface area contributed by atoms with E-state index in [-0.39, 0.29) is 24.2 Å². The van der Waals surface area contributed by atoms with Crippen LogP contribution in [-0.4, -0.2) is 46.9 Å². The largest absolute Gasteiger partial charge is 0.439 e. The van der Waals surface area contributed by atoms with Gasteiger partial charge < -0.3 is 15.9 Å². The lowest BCUT2D eigenvalue weighted by atomic mass is 10.0. The van der Waals surface area contributed by atoms with E-state index in [4.69, 9.17) is 44.1 Å². The molecule has 1 amide bonds. The van der Waals surface area contributed by atoms with Gasteiger partial charge in [-0.3, -0.25) is 14.6 Å². The molecule has 0 aliphatic carbocycles. The van der Waals surface area contributed by atoms with Gasteiger partial charge in [0.2, 0.25) is 11.8 Å². The number of carbonyl (C=O) groups excluding carboxylic acids is 1. The van der Waals surface area contributed by atoms with Crippen LogP contribution in [0.15, 0.2) is 65.1 Å². The van der Waals surface area contributed by atoms with E-state index in [1.54, 1.807) is 36.4 Å². The number of piperazine rings is 1. The first-order valence-electron chi connectivity index (χ1n) is 12.2. The minimum absolute atomic E-state index is 0.0397. The van der Waals surface area contributed by atoms with Crippen LogP contribution in [-0.2, 0) is 11.3 Å². The maximum Gasteiger partial charge on any atom is 0.231 e. The van der Waals surface area contributed by atoms with Crippen LogP contribution < -0.4 is 11.5 Å². The van der Waals surface area contributed by atoms with Crippen LogP contribution >= 0.6 is 23.2 Å². The SMILES string of the molecule is NC(=O)CN1CCN(Cc2nc(-c3ccc(F)cc3)c(-c3ccc(F)cc3)o2)CC1c1c(Cl)cc(N)cc1Cl. The number of carbonyl (C=O) groups is 1. The zero-order chi connectivity index (χ0) is 27.7. The molecule has 1 aliphatic heterocycles. The maximum atomic E-state index is 13.6. The van der Waals surface area contributed by atoms with Crippen LogP contribution in [0.1, 0.15) is 17.5 Å². The second-order valence-electron chi connectivity index (χ2n) is 9.39. The van der Waals surface area contributed by atoms with E-state index in [0.717, 1.165) is 0 Å². The molecule has 4 aromatic rings. The predicted octanol–water partition coefficient (Wildman–Crippen LogP) is 5.52. The van der Waals surface area contributed by atoms with Crippen molar-refractivity contribution in [1.82, 2.24) is 14.8 Å². The molecule has 202 valence electrons. The van der Waals surface area contributed by atoms with Gasteiger partial charge in [0.1, 0.15) is 17.3 Å². The van der Waals surface area contributed by atoms with Gasteiger partial charge in [0.15, 0.2) is 5.76 Å². The van der Waals surface area contributed by atoms with Crippen LogP contribution in [0.5, 0.6) is 0 Å². The molecule has 1 atom stereocenters. The first-order chi connectivity index (χ1) is 18.7. The Kier molecular flexibility index (Phi) is 7.86. The van der Waals surface area contributed by atoms with E-state index >= 15 is 0 Å². The number of amides is 1. The summed E-state index contributed by atoms with van der Waals surface area (Å²) in [4.78, 5) is 20.6. The number of nitrogens with zero attached hydrogens (tertiary/aromatic N) is 3. The Morgan fingerprint density at radius 1 is 0.974 bits per heavy atom. The average Bonchev–Trinajstić information content (AvgIpc) is 3.29. The third-order valence-electron chi connectivity index (χ3n) is 6.62. The normalized spacial score (nSPS) is 16.5. The highest BCUT2D eigenvalue weighted by atomic mass is 35.5. The molecular weight excluding hydrogens is 547 g/mol. The van der Waals surface area contributed by atoms with Crippen LogP contribution in [0, 0.1) is 11.6 Å². The molecule has 4 N–H and O–H groups in total. The molecule has 2 heterocycles. The molecule has 39 heavy (non-hydrogen) atoms. The van der Waals surface area contributed by atoms with Gasteiger partial charge in [0.25, 0.3) is 0 Å². The second kappa shape index (κ2) is 11.3. The Morgan fingerprint density at radius 3 is 2.15 bits per heavy atom. The summed E-state index contributed by atoms with van der Waals surface area (Å²) < 4.78 is 33.4. The molecule has 5 rings (SSSR count). The zero-order valence-electron chi connectivity index (χ0n) is 20.7. The summed E-state index contributed by atoms with van der Waals surface area (Å²) in [5, 5.41) is 0.796. The van der Waals surface area contributed by atoms with Crippen molar-refractivity contribution in [2.45, 2.75) is 12.6 Å². The Hall–Kier alpha value is -3.50.